The summed E-state index contributed by atoms with van der Waals surface area (Å²) in [5.41, 5.74) is 1.14. The molecule has 1 amide bonds. The van der Waals surface area contributed by atoms with Crippen LogP contribution < -0.4 is 5.32 Å². The number of nitrogens with one attached hydrogen (secondary N) is 1. The zero-order valence-electron chi connectivity index (χ0n) is 9.86. The molecule has 2 N–H and O–H groups in total. The van der Waals surface area contributed by atoms with E-state index in [1.54, 1.807) is 13.8 Å². The Labute approximate surface area is 98.6 Å². The van der Waals surface area contributed by atoms with E-state index >= 15 is 0 Å². The lowest BCUT2D eigenvalue weighted by Crippen LogP contribution is -2.30. The van der Waals surface area contributed by atoms with Crippen LogP contribution in [-0.2, 0) is 11.3 Å². The van der Waals surface area contributed by atoms with Crippen molar-refractivity contribution >= 4 is 11.9 Å². The molecule has 0 saturated heterocycles. The number of hydrogen-bond acceptors (Lipinski definition) is 3. The Morgan fingerprint density at radius 1 is 1.47 bits per heavy atom. The number of amides is 1. The molecule has 0 aromatic carbocycles. The molecular weight excluding hydrogens is 222 g/mol. The van der Waals surface area contributed by atoms with E-state index in [9.17, 15) is 9.59 Å². The molecule has 1 aromatic heterocycles. The Morgan fingerprint density at radius 3 is 2.59 bits per heavy atom. The lowest BCUT2D eigenvalue weighted by atomic mass is 10.2. The maximum atomic E-state index is 11.6. The molecule has 0 spiro atoms. The first kappa shape index (κ1) is 11.6. The highest BCUT2D eigenvalue weighted by Gasteiger charge is 2.24. The molecular formula is C11H15N3O3. The van der Waals surface area contributed by atoms with E-state index in [1.165, 1.54) is 4.68 Å². The minimum Gasteiger partial charge on any atom is -0.478 e. The number of aryl methyl sites for hydroxylation is 1. The number of carboxylic acids is 1. The highest BCUT2D eigenvalue weighted by molar-refractivity contribution is 5.90. The van der Waals surface area contributed by atoms with E-state index < -0.39 is 5.97 Å². The molecule has 1 aromatic rings. The molecule has 1 fully saturated rings. The monoisotopic (exact) mass is 237 g/mol. The Kier molecular flexibility index (Phi) is 2.87. The number of aromatic nitrogens is 2. The summed E-state index contributed by atoms with van der Waals surface area (Å²) in [4.78, 5) is 22.6. The van der Waals surface area contributed by atoms with Crippen LogP contribution in [0.2, 0.25) is 0 Å². The zero-order valence-corrected chi connectivity index (χ0v) is 9.86. The quantitative estimate of drug-likeness (QED) is 0.797. The van der Waals surface area contributed by atoms with Gasteiger partial charge in [-0.1, -0.05) is 0 Å². The number of nitrogens with zero attached hydrogens (tertiary/aromatic N) is 2. The molecule has 6 nitrogen and oxygen atoms in total. The maximum Gasteiger partial charge on any atom is 0.339 e. The first-order chi connectivity index (χ1) is 7.99. The third kappa shape index (κ3) is 2.46. The highest BCUT2D eigenvalue weighted by Crippen LogP contribution is 2.18. The predicted molar refractivity (Wildman–Crippen MR) is 59.8 cm³/mol. The fourth-order valence-electron chi connectivity index (χ4n) is 1.80. The second-order valence-corrected chi connectivity index (χ2v) is 4.35. The number of carbonyl (C=O) groups excluding carboxylic acids is 1. The van der Waals surface area contributed by atoms with Gasteiger partial charge in [0.05, 0.1) is 11.4 Å². The van der Waals surface area contributed by atoms with E-state index in [0.29, 0.717) is 17.4 Å². The van der Waals surface area contributed by atoms with Crippen LogP contribution in [0.25, 0.3) is 0 Å². The number of aromatic carboxylic acids is 1. The smallest absolute Gasteiger partial charge is 0.339 e. The minimum absolute atomic E-state index is 0.0798. The van der Waals surface area contributed by atoms with Gasteiger partial charge in [-0.3, -0.25) is 9.48 Å². The zero-order chi connectivity index (χ0) is 12.6. The average Bonchev–Trinajstić information content (AvgIpc) is 2.95. The van der Waals surface area contributed by atoms with Crippen molar-refractivity contribution < 1.29 is 14.7 Å². The van der Waals surface area contributed by atoms with Crippen molar-refractivity contribution in [1.29, 1.82) is 0 Å². The van der Waals surface area contributed by atoms with Crippen molar-refractivity contribution in [2.45, 2.75) is 39.3 Å². The molecule has 1 aliphatic rings. The number of carboxylic acid groups (broad SMARTS) is 1. The predicted octanol–water partition coefficient (Wildman–Crippen LogP) is 0.477. The first-order valence-electron chi connectivity index (χ1n) is 5.55. The number of hydrogen-bond donors (Lipinski definition) is 2. The van der Waals surface area contributed by atoms with Gasteiger partial charge in [-0.05, 0) is 26.7 Å². The summed E-state index contributed by atoms with van der Waals surface area (Å²) in [6.07, 6.45) is 2.06. The van der Waals surface area contributed by atoms with Gasteiger partial charge in [0.15, 0.2) is 0 Å². The van der Waals surface area contributed by atoms with Crippen molar-refractivity contribution in [2.24, 2.45) is 0 Å². The Balaban J connectivity index is 2.12. The van der Waals surface area contributed by atoms with Crippen LogP contribution in [-0.4, -0.2) is 32.8 Å². The molecule has 0 aliphatic heterocycles. The Bertz CT molecular complexity index is 475. The molecule has 92 valence electrons. The van der Waals surface area contributed by atoms with Gasteiger partial charge in [-0.15, -0.1) is 0 Å². The van der Waals surface area contributed by atoms with Gasteiger partial charge in [-0.2, -0.15) is 5.10 Å². The fourth-order valence-corrected chi connectivity index (χ4v) is 1.80. The molecule has 0 radical (unpaired) electrons. The van der Waals surface area contributed by atoms with Gasteiger partial charge in [0, 0.05) is 6.04 Å². The van der Waals surface area contributed by atoms with Crippen LogP contribution in [0.3, 0.4) is 0 Å². The Hall–Kier alpha value is -1.85. The normalized spacial score (nSPS) is 14.7. The summed E-state index contributed by atoms with van der Waals surface area (Å²) in [5, 5.41) is 15.9. The third-order valence-electron chi connectivity index (χ3n) is 2.83. The summed E-state index contributed by atoms with van der Waals surface area (Å²) in [5.74, 6) is -1.12. The molecule has 17 heavy (non-hydrogen) atoms. The summed E-state index contributed by atoms with van der Waals surface area (Å²) < 4.78 is 1.44. The van der Waals surface area contributed by atoms with Crippen molar-refractivity contribution in [3.8, 4) is 0 Å². The maximum absolute atomic E-state index is 11.6. The summed E-state index contributed by atoms with van der Waals surface area (Å²) in [6, 6.07) is 0.304. The van der Waals surface area contributed by atoms with Gasteiger partial charge in [0.1, 0.15) is 12.1 Å². The standard InChI is InChI=1S/C11H15N3O3/c1-6-10(11(16)17)7(2)14(13-6)5-9(15)12-8-3-4-8/h8H,3-5H2,1-2H3,(H,12,15)(H,16,17). The summed E-state index contributed by atoms with van der Waals surface area (Å²) in [6.45, 7) is 3.37. The van der Waals surface area contributed by atoms with Gasteiger partial charge in [-0.25, -0.2) is 4.79 Å². The third-order valence-corrected chi connectivity index (χ3v) is 2.83. The van der Waals surface area contributed by atoms with E-state index in [4.69, 9.17) is 5.11 Å². The van der Waals surface area contributed by atoms with Crippen LogP contribution in [0.15, 0.2) is 0 Å². The Morgan fingerprint density at radius 2 is 2.12 bits per heavy atom. The SMILES string of the molecule is Cc1nn(CC(=O)NC2CC2)c(C)c1C(=O)O. The van der Waals surface area contributed by atoms with Crippen LogP contribution in [0.4, 0.5) is 0 Å². The number of carbonyl (C=O) groups is 2. The highest BCUT2D eigenvalue weighted by atomic mass is 16.4. The van der Waals surface area contributed by atoms with Crippen molar-refractivity contribution in [3.63, 3.8) is 0 Å². The summed E-state index contributed by atoms with van der Waals surface area (Å²) in [7, 11) is 0. The average molecular weight is 237 g/mol. The van der Waals surface area contributed by atoms with Crippen LogP contribution >= 0.6 is 0 Å². The lowest BCUT2D eigenvalue weighted by Gasteiger charge is -2.05. The minimum atomic E-state index is -1.01. The molecule has 6 heteroatoms. The molecule has 1 heterocycles. The molecule has 1 saturated carbocycles. The van der Waals surface area contributed by atoms with E-state index in [2.05, 4.69) is 10.4 Å². The first-order valence-corrected chi connectivity index (χ1v) is 5.55. The van der Waals surface area contributed by atoms with E-state index in [-0.39, 0.29) is 18.0 Å². The van der Waals surface area contributed by atoms with Crippen molar-refractivity contribution in [3.05, 3.63) is 17.0 Å². The molecule has 0 unspecified atom stereocenters. The van der Waals surface area contributed by atoms with Crippen LogP contribution in [0.1, 0.15) is 34.6 Å². The molecule has 2 rings (SSSR count). The fraction of sp³-hybridized carbons (Fsp3) is 0.545. The van der Waals surface area contributed by atoms with Crippen molar-refractivity contribution in [2.75, 3.05) is 0 Å². The van der Waals surface area contributed by atoms with Crippen LogP contribution in [0.5, 0.6) is 0 Å². The van der Waals surface area contributed by atoms with Crippen LogP contribution in [0, 0.1) is 13.8 Å². The molecule has 0 bridgehead atoms. The van der Waals surface area contributed by atoms with Gasteiger partial charge in [0.25, 0.3) is 0 Å². The van der Waals surface area contributed by atoms with E-state index in [1.807, 2.05) is 0 Å². The van der Waals surface area contributed by atoms with Gasteiger partial charge in [0.2, 0.25) is 5.91 Å². The molecule has 1 aliphatic carbocycles. The number of rotatable bonds is 4. The lowest BCUT2D eigenvalue weighted by molar-refractivity contribution is -0.122. The largest absolute Gasteiger partial charge is 0.478 e. The second kappa shape index (κ2) is 4.20. The topological polar surface area (TPSA) is 84.2 Å². The summed E-state index contributed by atoms with van der Waals surface area (Å²) >= 11 is 0. The van der Waals surface area contributed by atoms with Gasteiger partial charge < -0.3 is 10.4 Å². The van der Waals surface area contributed by atoms with E-state index in [0.717, 1.165) is 12.8 Å². The van der Waals surface area contributed by atoms with Gasteiger partial charge >= 0.3 is 5.97 Å². The van der Waals surface area contributed by atoms with Crippen molar-refractivity contribution in [1.82, 2.24) is 15.1 Å². The second-order valence-electron chi connectivity index (χ2n) is 4.35. The molecule has 0 atom stereocenters.